The summed E-state index contributed by atoms with van der Waals surface area (Å²) >= 11 is 3.26. The van der Waals surface area contributed by atoms with E-state index in [4.69, 9.17) is 0 Å². The van der Waals surface area contributed by atoms with Crippen molar-refractivity contribution in [3.05, 3.63) is 336 Å². The van der Waals surface area contributed by atoms with Crippen molar-refractivity contribution < 1.29 is 0 Å². The molecule has 16 heteroatoms. The molecule has 16 heterocycles. The molecule has 0 unspecified atom stereocenters. The summed E-state index contributed by atoms with van der Waals surface area (Å²) in [5.74, 6) is 0. The van der Waals surface area contributed by atoms with E-state index in [2.05, 4.69) is 429 Å². The van der Waals surface area contributed by atoms with E-state index in [0.717, 1.165) is 0 Å². The predicted octanol–water partition coefficient (Wildman–Crippen LogP) is 30.8. The van der Waals surface area contributed by atoms with Crippen LogP contribution in [0, 0.1) is 0 Å². The summed E-state index contributed by atoms with van der Waals surface area (Å²) in [6.45, 7) is 0. The van der Waals surface area contributed by atoms with Crippen molar-refractivity contribution in [2.24, 2.45) is 56.4 Å². The second-order valence-electron chi connectivity index (χ2n) is 40.3. The summed E-state index contributed by atoms with van der Waals surface area (Å²) in [7, 11) is 17.4. The molecule has 16 aromatic heterocycles. The molecule has 0 bridgehead atoms. The molecule has 0 aliphatic carbocycles. The first-order valence-corrected chi connectivity index (χ1v) is 63.0. The van der Waals surface area contributed by atoms with E-state index < -0.39 is 0 Å². The van der Waals surface area contributed by atoms with Crippen molar-refractivity contribution >= 4 is 449 Å². The van der Waals surface area contributed by atoms with E-state index in [0.29, 0.717) is 116 Å². The molecule has 0 N–H and O–H groups in total. The zero-order valence-electron chi connectivity index (χ0n) is 79.2. The number of rotatable bonds is 0. The first-order chi connectivity index (χ1) is 70.4. The summed E-state index contributed by atoms with van der Waals surface area (Å²) < 4.78 is 36.7. The molecule has 0 saturated carbocycles. The van der Waals surface area contributed by atoms with Gasteiger partial charge in [-0.25, -0.2) is 0 Å². The topological polar surface area (TPSA) is 39.4 Å². The van der Waals surface area contributed by atoms with E-state index in [-0.39, 0.29) is 0 Å². The van der Waals surface area contributed by atoms with E-state index in [9.17, 15) is 0 Å². The van der Waals surface area contributed by atoms with Crippen LogP contribution in [0.15, 0.2) is 336 Å². The summed E-state index contributed by atoms with van der Waals surface area (Å²) in [6.07, 6.45) is 8.63. The average Bonchev–Trinajstić information content (AvgIpc) is 1.56. The van der Waals surface area contributed by atoms with Gasteiger partial charge in [-0.3, -0.25) is 0 Å². The Morgan fingerprint density at radius 3 is 0.521 bits per heavy atom. The van der Waals surface area contributed by atoms with Crippen LogP contribution in [0.4, 0.5) is 0 Å². The number of fused-ring (bicyclic) bond motifs is 40. The molecular weight excluding hydrogens is 2280 g/mol. The van der Waals surface area contributed by atoms with Gasteiger partial charge < -0.3 is 0 Å². The van der Waals surface area contributed by atoms with Gasteiger partial charge in [0.05, 0.1) is 0 Å². The van der Waals surface area contributed by atoms with E-state index >= 15 is 0 Å². The van der Waals surface area contributed by atoms with Crippen LogP contribution in [-0.2, 0) is 56.4 Å². The van der Waals surface area contributed by atoms with Gasteiger partial charge in [-0.15, -0.1) is 0 Å². The molecule has 0 radical (unpaired) electrons. The number of hydrogen-bond donors (Lipinski definition) is 0. The molecule has 0 aliphatic rings. The van der Waals surface area contributed by atoms with E-state index in [1.807, 2.05) is 0 Å². The fourth-order valence-corrected chi connectivity index (χ4v) is 41.3. The van der Waals surface area contributed by atoms with Gasteiger partial charge in [0.25, 0.3) is 0 Å². The van der Waals surface area contributed by atoms with E-state index in [1.165, 1.54) is 316 Å². The number of benzene rings is 20. The molecular formula is C128H80N8Se8. The Hall–Kier alpha value is -13.0. The van der Waals surface area contributed by atoms with Crippen LogP contribution in [0.3, 0.4) is 0 Å². The molecule has 0 spiro atoms. The summed E-state index contributed by atoms with van der Waals surface area (Å²) in [5, 5.41) is 54.9. The second-order valence-corrected chi connectivity index (χ2v) is 57.4. The average molecular weight is 2360 g/mol. The molecule has 36 rings (SSSR count). The molecule has 0 amide bonds. The van der Waals surface area contributed by atoms with Crippen molar-refractivity contribution in [3.63, 3.8) is 0 Å². The first-order valence-electron chi connectivity index (χ1n) is 48.8. The zero-order chi connectivity index (χ0) is 94.8. The maximum absolute atomic E-state index is 2.53. The maximum atomic E-state index is 2.53. The molecule has 0 saturated heterocycles. The van der Waals surface area contributed by atoms with Gasteiger partial charge >= 0.3 is 877 Å². The SMILES string of the molecule is Cn1c2cc3cc4[se]ccc4cc3cc2c2cc3c(cc21)c1cc2cc4cc[se]c4cc2cc1n3C.Cn1c2cc3cc4cc[se]c4cc3cc2c2cc3c(cc21)c1cc2cc4[se]ccc4cc2cc1n3C.Cn1ccc2cc3cc4c(cc3cc21)[se]c1cc2c(cc14)[se]c1cc3cc4c(ccn4C)cc3cc12.Cn1ccc2cc3cc4c(cc3cc21)[se]c1cc2c(cc14)[se]c1cc3cc4c(ccn4C)cc3cc12. The van der Waals surface area contributed by atoms with Gasteiger partial charge in [-0.2, -0.15) is 0 Å². The molecule has 36 aromatic rings. The molecule has 144 heavy (non-hydrogen) atoms. The fraction of sp³-hybridized carbons (Fsp3) is 0.0625. The molecule has 680 valence electrons. The number of aromatic nitrogens is 8. The Kier molecular flexibility index (Phi) is 17.5. The third-order valence-electron chi connectivity index (χ3n) is 32.4. The van der Waals surface area contributed by atoms with Crippen LogP contribution >= 0.6 is 0 Å². The molecule has 8 nitrogen and oxygen atoms in total. The Labute approximate surface area is 868 Å². The standard InChI is InChI=1S/4C32H20N2Se2/c1-33-27-11-19-7-17-3-5-35-31(17)13-21(19)9-23(27)25-16-30-26(15-29(25)33)24-10-22-14-32-18(4-6-36-32)8-20(22)12-28(24)34(30)2;1-33-27-11-21-13-31-17(3-5-35-31)7-19(21)9-23(27)25-16-30-26(15-29(25)33)24-10-20-8-18-4-6-36-32(18)14-22(20)12-28(24)34(30)2;2*1-33-5-3-17-7-19-9-23-25-15-32-26(16-31(25)35-29(23)13-21(19)11-27(17)33)24-10-20-8-18-4-6-34(2)28(18)12-22(20)14-30(24)36-32/h4*3-16H,1-2H3. The molecule has 0 atom stereocenters. The monoisotopic (exact) mass is 2370 g/mol. The zero-order valence-corrected chi connectivity index (χ0v) is 92.9. The summed E-state index contributed by atoms with van der Waals surface area (Å²) in [5.41, 5.74) is 15.7. The minimum atomic E-state index is 0.347. The van der Waals surface area contributed by atoms with Crippen molar-refractivity contribution in [1.82, 2.24) is 36.5 Å². The van der Waals surface area contributed by atoms with Gasteiger partial charge in [-0.05, 0) is 0 Å². The van der Waals surface area contributed by atoms with Gasteiger partial charge in [0, 0.05) is 0 Å². The number of aryl methyl sites for hydroxylation is 8. The van der Waals surface area contributed by atoms with Crippen LogP contribution in [-0.4, -0.2) is 153 Å². The van der Waals surface area contributed by atoms with Crippen LogP contribution in [0.2, 0.25) is 0 Å². The fourth-order valence-electron chi connectivity index (χ4n) is 24.7. The van der Waals surface area contributed by atoms with Crippen molar-refractivity contribution in [2.75, 3.05) is 0 Å². The Morgan fingerprint density at radius 2 is 0.285 bits per heavy atom. The van der Waals surface area contributed by atoms with Crippen LogP contribution < -0.4 is 0 Å². The predicted molar refractivity (Wildman–Crippen MR) is 633 cm³/mol. The first kappa shape index (κ1) is 83.3. The van der Waals surface area contributed by atoms with E-state index in [1.54, 1.807) is 17.0 Å². The quantitative estimate of drug-likeness (QED) is 0.136. The van der Waals surface area contributed by atoms with Crippen LogP contribution in [0.1, 0.15) is 0 Å². The third-order valence-corrected chi connectivity index (χ3v) is 49.1. The Balaban J connectivity index is 0.0000000844. The molecule has 20 aromatic carbocycles. The van der Waals surface area contributed by atoms with Gasteiger partial charge in [0.1, 0.15) is 0 Å². The molecule has 0 aliphatic heterocycles. The Morgan fingerprint density at radius 1 is 0.125 bits per heavy atom. The normalized spacial score (nSPS) is 12.7. The minimum absolute atomic E-state index is 0.347. The van der Waals surface area contributed by atoms with Crippen molar-refractivity contribution in [2.45, 2.75) is 0 Å². The number of hydrogen-bond acceptors (Lipinski definition) is 0. The summed E-state index contributed by atoms with van der Waals surface area (Å²) in [4.78, 5) is 9.32. The second kappa shape index (κ2) is 30.3. The van der Waals surface area contributed by atoms with Crippen molar-refractivity contribution in [3.8, 4) is 0 Å². The van der Waals surface area contributed by atoms with Crippen LogP contribution in [0.25, 0.3) is 333 Å². The Bertz CT molecular complexity index is 10900. The number of nitrogens with zero attached hydrogens (tertiary/aromatic N) is 8. The molecule has 0 fully saturated rings. The van der Waals surface area contributed by atoms with Gasteiger partial charge in [-0.1, -0.05) is 0 Å². The van der Waals surface area contributed by atoms with Crippen molar-refractivity contribution in [1.29, 1.82) is 0 Å². The van der Waals surface area contributed by atoms with Gasteiger partial charge in [0.2, 0.25) is 0 Å². The van der Waals surface area contributed by atoms with Crippen LogP contribution in [0.5, 0.6) is 0 Å². The summed E-state index contributed by atoms with van der Waals surface area (Å²) in [6, 6.07) is 115. The van der Waals surface area contributed by atoms with Gasteiger partial charge in [0.15, 0.2) is 0 Å². The third kappa shape index (κ3) is 12.3.